The van der Waals surface area contributed by atoms with Gasteiger partial charge in [0.1, 0.15) is 5.82 Å². The van der Waals surface area contributed by atoms with Gasteiger partial charge < -0.3 is 5.32 Å². The lowest BCUT2D eigenvalue weighted by Gasteiger charge is -2.03. The van der Waals surface area contributed by atoms with E-state index in [-0.39, 0.29) is 5.91 Å². The van der Waals surface area contributed by atoms with E-state index >= 15 is 0 Å². The first kappa shape index (κ1) is 15.4. The molecule has 0 bridgehead atoms. The van der Waals surface area contributed by atoms with E-state index in [1.165, 1.54) is 23.8 Å². The number of hydrogen-bond donors (Lipinski definition) is 1. The summed E-state index contributed by atoms with van der Waals surface area (Å²) < 4.78 is 13.1. The first-order valence-electron chi connectivity index (χ1n) is 7.22. The summed E-state index contributed by atoms with van der Waals surface area (Å²) in [5, 5.41) is 5.70. The number of carbonyl (C=O) groups excluding carboxylic acids is 1. The van der Waals surface area contributed by atoms with Gasteiger partial charge in [-0.2, -0.15) is 0 Å². The molecule has 0 aliphatic rings. The Morgan fingerprint density at radius 1 is 1.13 bits per heavy atom. The molecule has 1 aromatic heterocycles. The second-order valence-corrected chi connectivity index (χ2v) is 6.03. The van der Waals surface area contributed by atoms with Gasteiger partial charge in [0, 0.05) is 17.4 Å². The van der Waals surface area contributed by atoms with Crippen LogP contribution in [0.25, 0.3) is 0 Å². The minimum Gasteiger partial charge on any atom is -0.346 e. The van der Waals surface area contributed by atoms with Crippen molar-refractivity contribution in [1.82, 2.24) is 10.3 Å². The number of nitrogens with one attached hydrogen (secondary N) is 1. The van der Waals surface area contributed by atoms with Gasteiger partial charge in [0.2, 0.25) is 0 Å². The largest absolute Gasteiger partial charge is 0.346 e. The molecule has 0 spiro atoms. The second kappa shape index (κ2) is 7.15. The number of aromatic nitrogens is 1. The van der Waals surface area contributed by atoms with Crippen molar-refractivity contribution in [1.29, 1.82) is 0 Å². The second-order valence-electron chi connectivity index (χ2n) is 5.09. The van der Waals surface area contributed by atoms with Crippen LogP contribution in [0.2, 0.25) is 0 Å². The molecule has 1 amide bonds. The number of benzene rings is 2. The van der Waals surface area contributed by atoms with Crippen LogP contribution in [0.4, 0.5) is 4.39 Å². The predicted molar refractivity (Wildman–Crippen MR) is 88.9 cm³/mol. The average Bonchev–Trinajstić information content (AvgIpc) is 3.01. The van der Waals surface area contributed by atoms with Gasteiger partial charge in [-0.25, -0.2) is 9.37 Å². The fourth-order valence-corrected chi connectivity index (χ4v) is 3.01. The van der Waals surface area contributed by atoms with E-state index in [9.17, 15) is 9.18 Å². The molecule has 1 N–H and O–H groups in total. The molecular weight excluding hydrogens is 311 g/mol. The third-order valence-electron chi connectivity index (χ3n) is 3.31. The first-order chi connectivity index (χ1) is 11.2. The van der Waals surface area contributed by atoms with E-state index in [0.717, 1.165) is 17.1 Å². The molecular formula is C18H15FN2OS. The summed E-state index contributed by atoms with van der Waals surface area (Å²) in [6.07, 6.45) is 0.781. The van der Waals surface area contributed by atoms with Gasteiger partial charge in [-0.1, -0.05) is 36.4 Å². The zero-order valence-electron chi connectivity index (χ0n) is 12.3. The molecule has 0 aliphatic carbocycles. The summed E-state index contributed by atoms with van der Waals surface area (Å²) in [6.45, 7) is 0.334. The average molecular weight is 326 g/mol. The van der Waals surface area contributed by atoms with E-state index in [1.807, 2.05) is 23.6 Å². The molecule has 0 fully saturated rings. The Hall–Kier alpha value is -2.53. The van der Waals surface area contributed by atoms with E-state index < -0.39 is 5.82 Å². The van der Waals surface area contributed by atoms with Crippen LogP contribution in [0.1, 0.15) is 26.6 Å². The van der Waals surface area contributed by atoms with Gasteiger partial charge in [0.15, 0.2) is 0 Å². The highest BCUT2D eigenvalue weighted by Crippen LogP contribution is 2.15. The lowest BCUT2D eigenvalue weighted by molar-refractivity contribution is 0.0950. The Balaban J connectivity index is 1.58. The molecule has 3 nitrogen and oxygen atoms in total. The quantitative estimate of drug-likeness (QED) is 0.775. The SMILES string of the molecule is O=C(NCc1csc(Cc2ccccc2)n1)c1cccc(F)c1. The lowest BCUT2D eigenvalue weighted by Crippen LogP contribution is -2.23. The lowest BCUT2D eigenvalue weighted by atomic mass is 10.2. The predicted octanol–water partition coefficient (Wildman–Crippen LogP) is 3.80. The van der Waals surface area contributed by atoms with Gasteiger partial charge in [-0.05, 0) is 23.8 Å². The van der Waals surface area contributed by atoms with Crippen LogP contribution in [0.3, 0.4) is 0 Å². The Bertz CT molecular complexity index is 802. The maximum atomic E-state index is 13.1. The summed E-state index contributed by atoms with van der Waals surface area (Å²) in [5.41, 5.74) is 2.33. The standard InChI is InChI=1S/C18H15FN2OS/c19-15-8-4-7-14(10-15)18(22)20-11-16-12-23-17(21-16)9-13-5-2-1-3-6-13/h1-8,10,12H,9,11H2,(H,20,22). The summed E-state index contributed by atoms with van der Waals surface area (Å²) in [5.74, 6) is -0.724. The highest BCUT2D eigenvalue weighted by Gasteiger charge is 2.08. The topological polar surface area (TPSA) is 42.0 Å². The molecule has 0 saturated heterocycles. The number of carbonyl (C=O) groups is 1. The van der Waals surface area contributed by atoms with Crippen LogP contribution in [0.15, 0.2) is 60.0 Å². The zero-order valence-corrected chi connectivity index (χ0v) is 13.1. The van der Waals surface area contributed by atoms with Crippen molar-refractivity contribution >= 4 is 17.2 Å². The van der Waals surface area contributed by atoms with Crippen molar-refractivity contribution < 1.29 is 9.18 Å². The Morgan fingerprint density at radius 2 is 1.96 bits per heavy atom. The monoisotopic (exact) mass is 326 g/mol. The summed E-state index contributed by atoms with van der Waals surface area (Å²) in [4.78, 5) is 16.5. The van der Waals surface area contributed by atoms with Crippen molar-refractivity contribution in [3.8, 4) is 0 Å². The molecule has 23 heavy (non-hydrogen) atoms. The van der Waals surface area contributed by atoms with Crippen LogP contribution in [-0.2, 0) is 13.0 Å². The fraction of sp³-hybridized carbons (Fsp3) is 0.111. The van der Waals surface area contributed by atoms with Crippen molar-refractivity contribution in [2.75, 3.05) is 0 Å². The van der Waals surface area contributed by atoms with Crippen molar-refractivity contribution in [2.45, 2.75) is 13.0 Å². The van der Waals surface area contributed by atoms with Crippen LogP contribution in [0, 0.1) is 5.82 Å². The minimum atomic E-state index is -0.420. The summed E-state index contributed by atoms with van der Waals surface area (Å²) in [6, 6.07) is 15.8. The number of halogens is 1. The molecule has 116 valence electrons. The zero-order chi connectivity index (χ0) is 16.1. The van der Waals surface area contributed by atoms with E-state index in [2.05, 4.69) is 22.4 Å². The van der Waals surface area contributed by atoms with Crippen molar-refractivity contribution in [3.63, 3.8) is 0 Å². The molecule has 0 saturated carbocycles. The van der Waals surface area contributed by atoms with Crippen LogP contribution < -0.4 is 5.32 Å². The first-order valence-corrected chi connectivity index (χ1v) is 8.09. The molecule has 0 atom stereocenters. The molecule has 2 aromatic carbocycles. The number of thiazole rings is 1. The smallest absolute Gasteiger partial charge is 0.251 e. The Morgan fingerprint density at radius 3 is 2.74 bits per heavy atom. The maximum absolute atomic E-state index is 13.1. The van der Waals surface area contributed by atoms with E-state index in [4.69, 9.17) is 0 Å². The van der Waals surface area contributed by atoms with Crippen molar-refractivity contribution in [2.24, 2.45) is 0 Å². The Labute approximate surface area is 137 Å². The van der Waals surface area contributed by atoms with Gasteiger partial charge in [-0.15, -0.1) is 11.3 Å². The highest BCUT2D eigenvalue weighted by atomic mass is 32.1. The summed E-state index contributed by atoms with van der Waals surface area (Å²) in [7, 11) is 0. The van der Waals surface area contributed by atoms with Gasteiger partial charge in [0.05, 0.1) is 17.2 Å². The molecule has 3 aromatic rings. The van der Waals surface area contributed by atoms with Gasteiger partial charge in [0.25, 0.3) is 5.91 Å². The summed E-state index contributed by atoms with van der Waals surface area (Å²) >= 11 is 1.57. The number of hydrogen-bond acceptors (Lipinski definition) is 3. The molecule has 5 heteroatoms. The number of rotatable bonds is 5. The fourth-order valence-electron chi connectivity index (χ4n) is 2.18. The Kier molecular flexibility index (Phi) is 4.78. The van der Waals surface area contributed by atoms with Crippen LogP contribution in [0.5, 0.6) is 0 Å². The maximum Gasteiger partial charge on any atom is 0.251 e. The highest BCUT2D eigenvalue weighted by molar-refractivity contribution is 7.09. The molecule has 0 aliphatic heterocycles. The normalized spacial score (nSPS) is 10.5. The molecule has 1 heterocycles. The number of nitrogens with zero attached hydrogens (tertiary/aromatic N) is 1. The van der Waals surface area contributed by atoms with Crippen LogP contribution in [-0.4, -0.2) is 10.9 Å². The van der Waals surface area contributed by atoms with Gasteiger partial charge in [-0.3, -0.25) is 4.79 Å². The van der Waals surface area contributed by atoms with E-state index in [0.29, 0.717) is 12.1 Å². The molecule has 0 unspecified atom stereocenters. The van der Waals surface area contributed by atoms with Crippen molar-refractivity contribution in [3.05, 3.63) is 87.6 Å². The van der Waals surface area contributed by atoms with Crippen LogP contribution >= 0.6 is 11.3 Å². The van der Waals surface area contributed by atoms with E-state index in [1.54, 1.807) is 17.4 Å². The molecule has 0 radical (unpaired) electrons. The van der Waals surface area contributed by atoms with Gasteiger partial charge >= 0.3 is 0 Å². The third-order valence-corrected chi connectivity index (χ3v) is 4.21. The third kappa shape index (κ3) is 4.23. The number of amides is 1. The molecule has 3 rings (SSSR count). The minimum absolute atomic E-state index is 0.304.